The smallest absolute Gasteiger partial charge is 0.246 e. The highest BCUT2D eigenvalue weighted by Crippen LogP contribution is 2.27. The predicted octanol–water partition coefficient (Wildman–Crippen LogP) is 2.85. The largest absolute Gasteiger partial charge is 0.271 e. The zero-order valence-corrected chi connectivity index (χ0v) is 15.2. The number of aryl methyl sites for hydroxylation is 2. The summed E-state index contributed by atoms with van der Waals surface area (Å²) in [7, 11) is -3.43. The van der Waals surface area contributed by atoms with E-state index in [1.807, 2.05) is 13.0 Å². The molecule has 5 nitrogen and oxygen atoms in total. The van der Waals surface area contributed by atoms with Crippen LogP contribution in [0, 0.1) is 12.8 Å². The Hall–Kier alpha value is -1.66. The predicted molar refractivity (Wildman–Crippen MR) is 94.3 cm³/mol. The van der Waals surface area contributed by atoms with Gasteiger partial charge >= 0.3 is 0 Å². The summed E-state index contributed by atoms with van der Waals surface area (Å²) in [6.07, 6.45) is 4.51. The van der Waals surface area contributed by atoms with Crippen molar-refractivity contribution in [2.45, 2.75) is 44.6 Å². The molecule has 0 radical (unpaired) electrons. The Balaban J connectivity index is 1.66. The van der Waals surface area contributed by atoms with Crippen molar-refractivity contribution in [2.24, 2.45) is 5.92 Å². The number of benzene rings is 1. The number of aromatic nitrogens is 2. The van der Waals surface area contributed by atoms with Crippen LogP contribution in [-0.2, 0) is 23.0 Å². The molecule has 0 saturated carbocycles. The molecule has 24 heavy (non-hydrogen) atoms. The van der Waals surface area contributed by atoms with Crippen molar-refractivity contribution in [3.05, 3.63) is 47.8 Å². The van der Waals surface area contributed by atoms with Gasteiger partial charge in [-0.1, -0.05) is 30.3 Å². The summed E-state index contributed by atoms with van der Waals surface area (Å²) >= 11 is 0. The maximum absolute atomic E-state index is 12.9. The lowest BCUT2D eigenvalue weighted by Gasteiger charge is -2.31. The average Bonchev–Trinajstić information content (AvgIpc) is 2.98. The van der Waals surface area contributed by atoms with Gasteiger partial charge in [0.05, 0.1) is 5.69 Å². The van der Waals surface area contributed by atoms with E-state index in [1.165, 1.54) is 5.56 Å². The third kappa shape index (κ3) is 3.54. The lowest BCUT2D eigenvalue weighted by atomic mass is 9.91. The van der Waals surface area contributed by atoms with E-state index in [1.54, 1.807) is 22.1 Å². The van der Waals surface area contributed by atoms with E-state index in [-0.39, 0.29) is 0 Å². The van der Waals surface area contributed by atoms with Crippen molar-refractivity contribution in [3.63, 3.8) is 0 Å². The first kappa shape index (κ1) is 17.2. The van der Waals surface area contributed by atoms with E-state index in [9.17, 15) is 8.42 Å². The molecule has 1 aliphatic rings. The Labute approximate surface area is 144 Å². The number of hydrogen-bond acceptors (Lipinski definition) is 3. The van der Waals surface area contributed by atoms with Gasteiger partial charge in [-0.05, 0) is 44.6 Å². The second kappa shape index (κ2) is 7.07. The highest BCUT2D eigenvalue weighted by molar-refractivity contribution is 7.89. The molecule has 3 rings (SSSR count). The van der Waals surface area contributed by atoms with Gasteiger partial charge < -0.3 is 0 Å². The Morgan fingerprint density at radius 3 is 2.42 bits per heavy atom. The van der Waals surface area contributed by atoms with E-state index in [0.29, 0.717) is 36.1 Å². The molecule has 0 bridgehead atoms. The molecule has 2 heterocycles. The van der Waals surface area contributed by atoms with Gasteiger partial charge in [-0.3, -0.25) is 4.68 Å². The molecule has 2 aromatic rings. The minimum atomic E-state index is -3.43. The zero-order chi connectivity index (χ0) is 17.2. The highest BCUT2D eigenvalue weighted by atomic mass is 32.2. The second-order valence-corrected chi connectivity index (χ2v) is 8.38. The summed E-state index contributed by atoms with van der Waals surface area (Å²) < 4.78 is 29.1. The van der Waals surface area contributed by atoms with Crippen LogP contribution >= 0.6 is 0 Å². The molecule has 1 aromatic carbocycles. The number of piperidine rings is 1. The fourth-order valence-corrected chi connectivity index (χ4v) is 4.99. The molecular formula is C18H25N3O2S. The zero-order valence-electron chi connectivity index (χ0n) is 14.4. The molecule has 1 aliphatic heterocycles. The molecular weight excluding hydrogens is 322 g/mol. The summed E-state index contributed by atoms with van der Waals surface area (Å²) in [5.74, 6) is 0.554. The van der Waals surface area contributed by atoms with Crippen LogP contribution in [0.5, 0.6) is 0 Å². The maximum Gasteiger partial charge on any atom is 0.246 e. The van der Waals surface area contributed by atoms with E-state index >= 15 is 0 Å². The summed E-state index contributed by atoms with van der Waals surface area (Å²) in [6, 6.07) is 10.4. The molecule has 0 aliphatic carbocycles. The monoisotopic (exact) mass is 347 g/mol. The van der Waals surface area contributed by atoms with E-state index in [4.69, 9.17) is 0 Å². The minimum Gasteiger partial charge on any atom is -0.271 e. The molecule has 6 heteroatoms. The SMILES string of the molecule is CCn1cc(S(=O)(=O)N2CCC(Cc3ccccc3)CC2)c(C)n1. The van der Waals surface area contributed by atoms with Crippen LogP contribution in [0.15, 0.2) is 41.4 Å². The fourth-order valence-electron chi connectivity index (χ4n) is 3.36. The Bertz CT molecular complexity index is 776. The molecule has 0 N–H and O–H groups in total. The molecule has 0 amide bonds. The topological polar surface area (TPSA) is 55.2 Å². The molecule has 1 saturated heterocycles. The van der Waals surface area contributed by atoms with Crippen molar-refractivity contribution in [2.75, 3.05) is 13.1 Å². The summed E-state index contributed by atoms with van der Waals surface area (Å²) in [6.45, 7) is 5.59. The van der Waals surface area contributed by atoms with Crippen LogP contribution in [0.4, 0.5) is 0 Å². The molecule has 130 valence electrons. The van der Waals surface area contributed by atoms with Crippen LogP contribution < -0.4 is 0 Å². The van der Waals surface area contributed by atoms with Crippen molar-refractivity contribution < 1.29 is 8.42 Å². The summed E-state index contributed by atoms with van der Waals surface area (Å²) in [4.78, 5) is 0.353. The van der Waals surface area contributed by atoms with Gasteiger partial charge in [0.1, 0.15) is 4.90 Å². The van der Waals surface area contributed by atoms with Crippen molar-refractivity contribution in [3.8, 4) is 0 Å². The number of sulfonamides is 1. The highest BCUT2D eigenvalue weighted by Gasteiger charge is 2.31. The number of rotatable bonds is 5. The van der Waals surface area contributed by atoms with E-state index < -0.39 is 10.0 Å². The van der Waals surface area contributed by atoms with E-state index in [2.05, 4.69) is 29.4 Å². The third-order valence-electron chi connectivity index (χ3n) is 4.78. The first-order chi connectivity index (χ1) is 11.5. The van der Waals surface area contributed by atoms with E-state index in [0.717, 1.165) is 19.3 Å². The lowest BCUT2D eigenvalue weighted by Crippen LogP contribution is -2.39. The fraction of sp³-hybridized carbons (Fsp3) is 0.500. The van der Waals surface area contributed by atoms with Crippen LogP contribution in [-0.4, -0.2) is 35.6 Å². The van der Waals surface area contributed by atoms with Gasteiger partial charge in [-0.25, -0.2) is 8.42 Å². The Morgan fingerprint density at radius 2 is 1.83 bits per heavy atom. The van der Waals surface area contributed by atoms with Crippen molar-refractivity contribution >= 4 is 10.0 Å². The van der Waals surface area contributed by atoms with Crippen LogP contribution in [0.25, 0.3) is 0 Å². The van der Waals surface area contributed by atoms with Gasteiger partial charge in [0.2, 0.25) is 10.0 Å². The standard InChI is InChI=1S/C18H25N3O2S/c1-3-20-14-18(15(2)19-20)24(22,23)21-11-9-17(10-12-21)13-16-7-5-4-6-8-16/h4-8,14,17H,3,9-13H2,1-2H3. The maximum atomic E-state index is 12.9. The first-order valence-corrected chi connectivity index (χ1v) is 10.0. The number of hydrogen-bond donors (Lipinski definition) is 0. The van der Waals surface area contributed by atoms with Crippen molar-refractivity contribution in [1.29, 1.82) is 0 Å². The number of nitrogens with zero attached hydrogens (tertiary/aromatic N) is 3. The summed E-state index contributed by atoms with van der Waals surface area (Å²) in [5.41, 5.74) is 1.92. The molecule has 1 aromatic heterocycles. The first-order valence-electron chi connectivity index (χ1n) is 8.59. The lowest BCUT2D eigenvalue weighted by molar-refractivity contribution is 0.272. The van der Waals surface area contributed by atoms with Gasteiger partial charge in [-0.15, -0.1) is 0 Å². The molecule has 0 spiro atoms. The molecule has 0 atom stereocenters. The average molecular weight is 347 g/mol. The van der Waals surface area contributed by atoms with Crippen LogP contribution in [0.1, 0.15) is 31.0 Å². The van der Waals surface area contributed by atoms with Crippen molar-refractivity contribution in [1.82, 2.24) is 14.1 Å². The Kier molecular flexibility index (Phi) is 5.06. The Morgan fingerprint density at radius 1 is 1.17 bits per heavy atom. The molecule has 0 unspecified atom stereocenters. The van der Waals surface area contributed by atoms with Gasteiger partial charge in [0, 0.05) is 25.8 Å². The van der Waals surface area contributed by atoms with Gasteiger partial charge in [0.15, 0.2) is 0 Å². The quantitative estimate of drug-likeness (QED) is 0.836. The van der Waals surface area contributed by atoms with Gasteiger partial charge in [-0.2, -0.15) is 9.40 Å². The van der Waals surface area contributed by atoms with Crippen LogP contribution in [0.2, 0.25) is 0 Å². The van der Waals surface area contributed by atoms with Gasteiger partial charge in [0.25, 0.3) is 0 Å². The third-order valence-corrected chi connectivity index (χ3v) is 6.79. The normalized spacial score (nSPS) is 17.2. The summed E-state index contributed by atoms with van der Waals surface area (Å²) in [5, 5.41) is 4.27. The minimum absolute atomic E-state index is 0.353. The molecule has 1 fully saturated rings. The van der Waals surface area contributed by atoms with Crippen LogP contribution in [0.3, 0.4) is 0 Å². The second-order valence-electron chi connectivity index (χ2n) is 6.47.